The number of aryl methyl sites for hydroxylation is 1. The molecule has 0 radical (unpaired) electrons. The minimum Gasteiger partial charge on any atom is -0.503 e. The lowest BCUT2D eigenvalue weighted by Crippen LogP contribution is -2.01. The summed E-state index contributed by atoms with van der Waals surface area (Å²) in [7, 11) is 0. The molecule has 5 heteroatoms. The van der Waals surface area contributed by atoms with Crippen molar-refractivity contribution in [3.05, 3.63) is 41.7 Å². The first kappa shape index (κ1) is 19.5. The highest BCUT2D eigenvalue weighted by atomic mass is 16.5. The molecule has 130 valence electrons. The summed E-state index contributed by atoms with van der Waals surface area (Å²) in [5, 5.41) is 10.5. The van der Waals surface area contributed by atoms with Gasteiger partial charge in [0.05, 0.1) is 5.52 Å². The zero-order valence-corrected chi connectivity index (χ0v) is 15.2. The van der Waals surface area contributed by atoms with E-state index in [1.165, 1.54) is 6.92 Å². The van der Waals surface area contributed by atoms with Gasteiger partial charge in [-0.15, -0.1) is 0 Å². The van der Waals surface area contributed by atoms with Crippen molar-refractivity contribution >= 4 is 17.0 Å². The Morgan fingerprint density at radius 3 is 2.42 bits per heavy atom. The van der Waals surface area contributed by atoms with Gasteiger partial charge in [0.2, 0.25) is 0 Å². The van der Waals surface area contributed by atoms with Crippen molar-refractivity contribution in [3.63, 3.8) is 0 Å². The quantitative estimate of drug-likeness (QED) is 0.777. The molecule has 5 nitrogen and oxygen atoms in total. The Hall–Kier alpha value is -2.56. The lowest BCUT2D eigenvalue weighted by molar-refractivity contribution is -0.132. The van der Waals surface area contributed by atoms with Crippen molar-refractivity contribution in [1.29, 1.82) is 0 Å². The third-order valence-corrected chi connectivity index (χ3v) is 3.18. The third-order valence-electron chi connectivity index (χ3n) is 3.18. The van der Waals surface area contributed by atoms with E-state index in [1.807, 2.05) is 46.8 Å². The number of aromatic hydroxyl groups is 1. The number of carbonyl (C=O) groups is 1. The molecule has 0 saturated carbocycles. The van der Waals surface area contributed by atoms with E-state index in [-0.39, 0.29) is 17.4 Å². The van der Waals surface area contributed by atoms with Crippen LogP contribution in [0.25, 0.3) is 11.0 Å². The SMILES string of the molecule is CC.CC(=O)Oc1cccccc(C)c2nc(C(C)C)[nH]c2c1O. The number of aromatic nitrogens is 2. The van der Waals surface area contributed by atoms with Crippen LogP contribution in [0.4, 0.5) is 0 Å². The summed E-state index contributed by atoms with van der Waals surface area (Å²) in [5.41, 5.74) is 2.00. The molecular weight excluding hydrogens is 304 g/mol. The van der Waals surface area contributed by atoms with Gasteiger partial charge in [-0.25, -0.2) is 4.98 Å². The fourth-order valence-electron chi connectivity index (χ4n) is 2.05. The first-order valence-electron chi connectivity index (χ1n) is 8.14. The van der Waals surface area contributed by atoms with Gasteiger partial charge in [0, 0.05) is 12.8 Å². The van der Waals surface area contributed by atoms with Crippen LogP contribution in [0.2, 0.25) is 0 Å². The molecule has 0 atom stereocenters. The molecule has 0 saturated heterocycles. The maximum Gasteiger partial charge on any atom is 0.308 e. The predicted molar refractivity (Wildman–Crippen MR) is 96.9 cm³/mol. The summed E-state index contributed by atoms with van der Waals surface area (Å²) in [6.07, 6.45) is 0. The van der Waals surface area contributed by atoms with Crippen LogP contribution in [0.1, 0.15) is 51.9 Å². The highest BCUT2D eigenvalue weighted by Crippen LogP contribution is 2.32. The second-order valence-electron chi connectivity index (χ2n) is 5.40. The molecule has 0 aliphatic heterocycles. The predicted octanol–water partition coefficient (Wildman–Crippen LogP) is 4.78. The van der Waals surface area contributed by atoms with Crippen LogP contribution in [-0.2, 0) is 4.79 Å². The highest BCUT2D eigenvalue weighted by molar-refractivity contribution is 5.85. The smallest absolute Gasteiger partial charge is 0.308 e. The maximum atomic E-state index is 11.2. The van der Waals surface area contributed by atoms with Gasteiger partial charge >= 0.3 is 5.97 Å². The lowest BCUT2D eigenvalue weighted by atomic mass is 10.2. The minimum absolute atomic E-state index is 0.0899. The number of nitrogens with one attached hydrogen (secondary N) is 1. The van der Waals surface area contributed by atoms with E-state index in [2.05, 4.69) is 9.97 Å². The Bertz CT molecular complexity index is 763. The number of hydrogen-bond acceptors (Lipinski definition) is 4. The molecule has 1 heterocycles. The number of esters is 1. The Kier molecular flexibility index (Phi) is 7.24. The van der Waals surface area contributed by atoms with E-state index in [0.717, 1.165) is 11.4 Å². The van der Waals surface area contributed by atoms with Crippen molar-refractivity contribution in [1.82, 2.24) is 9.97 Å². The van der Waals surface area contributed by atoms with Gasteiger partial charge in [-0.3, -0.25) is 4.79 Å². The summed E-state index contributed by atoms with van der Waals surface area (Å²) in [6, 6.07) is 8.82. The molecule has 0 aliphatic rings. The van der Waals surface area contributed by atoms with Gasteiger partial charge in [0.15, 0.2) is 11.5 Å². The Morgan fingerprint density at radius 2 is 1.83 bits per heavy atom. The number of rotatable bonds is 2. The molecule has 2 N–H and O–H groups in total. The average molecular weight is 330 g/mol. The molecule has 24 heavy (non-hydrogen) atoms. The molecule has 1 aromatic heterocycles. The minimum atomic E-state index is -0.496. The van der Waals surface area contributed by atoms with E-state index in [0.29, 0.717) is 11.0 Å². The number of nitrogens with zero attached hydrogens (tertiary/aromatic N) is 1. The van der Waals surface area contributed by atoms with Gasteiger partial charge in [0.1, 0.15) is 11.3 Å². The van der Waals surface area contributed by atoms with Crippen LogP contribution in [0.15, 0.2) is 30.3 Å². The number of H-pyrrole nitrogens is 1. The van der Waals surface area contributed by atoms with E-state index in [1.54, 1.807) is 18.2 Å². The van der Waals surface area contributed by atoms with Gasteiger partial charge in [-0.05, 0) is 18.6 Å². The van der Waals surface area contributed by atoms with Crippen LogP contribution < -0.4 is 4.74 Å². The molecule has 0 amide bonds. The molecule has 0 fully saturated rings. The third kappa shape index (κ3) is 4.72. The second kappa shape index (κ2) is 8.91. The van der Waals surface area contributed by atoms with Crippen molar-refractivity contribution in [2.45, 2.75) is 47.5 Å². The summed E-state index contributed by atoms with van der Waals surface area (Å²) in [4.78, 5) is 18.9. The molecule has 1 aromatic carbocycles. The first-order valence-corrected chi connectivity index (χ1v) is 8.14. The Balaban J connectivity index is 0.00000139. The summed E-state index contributed by atoms with van der Waals surface area (Å²) in [6.45, 7) is 11.2. The largest absolute Gasteiger partial charge is 0.503 e. The average Bonchev–Trinajstić information content (AvgIpc) is 2.99. The molecule has 0 unspecified atom stereocenters. The van der Waals surface area contributed by atoms with Gasteiger partial charge in [0.25, 0.3) is 0 Å². The zero-order valence-electron chi connectivity index (χ0n) is 15.2. The van der Waals surface area contributed by atoms with E-state index in [4.69, 9.17) is 4.74 Å². The van der Waals surface area contributed by atoms with E-state index >= 15 is 0 Å². The topological polar surface area (TPSA) is 75.2 Å². The van der Waals surface area contributed by atoms with Gasteiger partial charge in [-0.2, -0.15) is 0 Å². The monoisotopic (exact) mass is 330 g/mol. The van der Waals surface area contributed by atoms with E-state index < -0.39 is 5.97 Å². The van der Waals surface area contributed by atoms with Gasteiger partial charge < -0.3 is 14.8 Å². The van der Waals surface area contributed by atoms with Crippen LogP contribution in [0, 0.1) is 6.92 Å². The number of carbonyl (C=O) groups excluding carboxylic acids is 1. The van der Waals surface area contributed by atoms with Crippen molar-refractivity contribution in [2.75, 3.05) is 0 Å². The second-order valence-corrected chi connectivity index (χ2v) is 5.40. The van der Waals surface area contributed by atoms with Crippen molar-refractivity contribution in [3.8, 4) is 11.5 Å². The van der Waals surface area contributed by atoms with Crippen LogP contribution in [-0.4, -0.2) is 21.0 Å². The Morgan fingerprint density at radius 1 is 1.21 bits per heavy atom. The van der Waals surface area contributed by atoms with Crippen molar-refractivity contribution in [2.24, 2.45) is 0 Å². The number of imidazole rings is 1. The molecule has 0 aliphatic carbocycles. The van der Waals surface area contributed by atoms with Crippen LogP contribution >= 0.6 is 0 Å². The number of hydrogen-bond donors (Lipinski definition) is 2. The molecule has 2 aromatic rings. The molecule has 0 spiro atoms. The zero-order chi connectivity index (χ0) is 18.3. The van der Waals surface area contributed by atoms with E-state index in [9.17, 15) is 9.90 Å². The molecule has 2 rings (SSSR count). The number of aromatic amines is 1. The number of fused-ring (bicyclic) bond motifs is 1. The van der Waals surface area contributed by atoms with Crippen LogP contribution in [0.3, 0.4) is 0 Å². The fourth-order valence-corrected chi connectivity index (χ4v) is 2.05. The lowest BCUT2D eigenvalue weighted by Gasteiger charge is -2.02. The maximum absolute atomic E-state index is 11.2. The standard InChI is InChI=1S/C17H20N2O3.C2H6/c1-10(2)17-18-14-11(3)8-6-5-7-9-13(22-12(4)20)16(21)15(14)19-17;1-2/h5-10,21H,1-4H3,(H,18,19);1-2H3. The van der Waals surface area contributed by atoms with Crippen LogP contribution in [0.5, 0.6) is 11.5 Å². The normalized spacial score (nSPS) is 9.96. The number of ether oxygens (including phenoxy) is 1. The van der Waals surface area contributed by atoms with Gasteiger partial charge in [-0.1, -0.05) is 52.0 Å². The summed E-state index contributed by atoms with van der Waals surface area (Å²) in [5.74, 6) is 0.403. The van der Waals surface area contributed by atoms with Crippen molar-refractivity contribution < 1.29 is 14.6 Å². The molecule has 0 bridgehead atoms. The highest BCUT2D eigenvalue weighted by Gasteiger charge is 2.13. The summed E-state index contributed by atoms with van der Waals surface area (Å²) >= 11 is 0. The Labute approximate surface area is 143 Å². The first-order chi connectivity index (χ1) is 11.4. The molecular formula is C19H26N2O3. The fraction of sp³-hybridized carbons (Fsp3) is 0.368. The summed E-state index contributed by atoms with van der Waals surface area (Å²) < 4.78 is 5.10.